The molecule has 1 saturated heterocycles. The average Bonchev–Trinajstić information content (AvgIpc) is 2.91. The topological polar surface area (TPSA) is 62.5 Å². The summed E-state index contributed by atoms with van der Waals surface area (Å²) in [7, 11) is 0. The van der Waals surface area contributed by atoms with Gasteiger partial charge in [0.15, 0.2) is 5.65 Å². The maximum Gasteiger partial charge on any atom is 0.257 e. The molecule has 3 heterocycles. The fourth-order valence-electron chi connectivity index (χ4n) is 2.56. The highest BCUT2D eigenvalue weighted by Crippen LogP contribution is 2.14. The maximum absolute atomic E-state index is 12.6. The number of piperazine rings is 1. The van der Waals surface area contributed by atoms with Crippen molar-refractivity contribution in [1.82, 2.24) is 24.8 Å². The second-order valence-electron chi connectivity index (χ2n) is 5.02. The van der Waals surface area contributed by atoms with Gasteiger partial charge in [0.2, 0.25) is 0 Å². The monoisotopic (exact) mass is 273 g/mol. The van der Waals surface area contributed by atoms with Crippen molar-refractivity contribution in [1.29, 1.82) is 0 Å². The summed E-state index contributed by atoms with van der Waals surface area (Å²) in [4.78, 5) is 14.5. The van der Waals surface area contributed by atoms with Crippen LogP contribution < -0.4 is 5.32 Å². The molecule has 6 heteroatoms. The maximum atomic E-state index is 12.6. The van der Waals surface area contributed by atoms with Crippen molar-refractivity contribution in [3.05, 3.63) is 29.7 Å². The lowest BCUT2D eigenvalue weighted by Crippen LogP contribution is -2.46. The van der Waals surface area contributed by atoms with E-state index in [0.717, 1.165) is 44.8 Å². The average molecular weight is 273 g/mol. The summed E-state index contributed by atoms with van der Waals surface area (Å²) in [5.74, 6) is 0.963. The van der Waals surface area contributed by atoms with Crippen LogP contribution in [0.25, 0.3) is 5.65 Å². The Morgan fingerprint density at radius 1 is 1.35 bits per heavy atom. The van der Waals surface area contributed by atoms with Crippen molar-refractivity contribution in [3.8, 4) is 0 Å². The summed E-state index contributed by atoms with van der Waals surface area (Å²) in [6, 6.07) is 3.73. The lowest BCUT2D eigenvalue weighted by molar-refractivity contribution is 0.0737. The number of hydrogen-bond acceptors (Lipinski definition) is 4. The number of carbonyl (C=O) groups is 1. The van der Waals surface area contributed by atoms with E-state index in [0.29, 0.717) is 11.2 Å². The summed E-state index contributed by atoms with van der Waals surface area (Å²) in [5.41, 5.74) is 1.31. The van der Waals surface area contributed by atoms with Gasteiger partial charge in [-0.25, -0.2) is 0 Å². The van der Waals surface area contributed by atoms with Gasteiger partial charge in [0.05, 0.1) is 5.56 Å². The van der Waals surface area contributed by atoms with Crippen molar-refractivity contribution in [3.63, 3.8) is 0 Å². The van der Waals surface area contributed by atoms with Gasteiger partial charge in [0, 0.05) is 38.8 Å². The Morgan fingerprint density at radius 2 is 2.15 bits per heavy atom. The van der Waals surface area contributed by atoms with Crippen LogP contribution in [0.5, 0.6) is 0 Å². The Morgan fingerprint density at radius 3 is 2.90 bits per heavy atom. The molecule has 0 aliphatic carbocycles. The zero-order chi connectivity index (χ0) is 13.9. The van der Waals surface area contributed by atoms with E-state index in [4.69, 9.17) is 0 Å². The minimum atomic E-state index is 0.0487. The molecular weight excluding hydrogens is 254 g/mol. The summed E-state index contributed by atoms with van der Waals surface area (Å²) in [5, 5.41) is 11.7. The zero-order valence-corrected chi connectivity index (χ0v) is 11.7. The van der Waals surface area contributed by atoms with E-state index in [1.54, 1.807) is 0 Å². The van der Waals surface area contributed by atoms with E-state index in [-0.39, 0.29) is 5.91 Å². The van der Waals surface area contributed by atoms with Gasteiger partial charge >= 0.3 is 0 Å². The molecule has 1 aliphatic heterocycles. The zero-order valence-electron chi connectivity index (χ0n) is 11.7. The molecule has 0 atom stereocenters. The second kappa shape index (κ2) is 5.58. The van der Waals surface area contributed by atoms with Gasteiger partial charge < -0.3 is 10.2 Å². The Bertz CT molecular complexity index is 615. The van der Waals surface area contributed by atoms with Gasteiger partial charge in [0.1, 0.15) is 5.82 Å². The number of nitrogens with zero attached hydrogens (tertiary/aromatic N) is 4. The van der Waals surface area contributed by atoms with E-state index in [1.807, 2.05) is 27.6 Å². The molecule has 0 spiro atoms. The molecule has 1 fully saturated rings. The Balaban J connectivity index is 1.96. The predicted octanol–water partition coefficient (Wildman–Crippen LogP) is 0.727. The molecule has 0 unspecified atom stereocenters. The van der Waals surface area contributed by atoms with Crippen molar-refractivity contribution in [2.45, 2.75) is 19.8 Å². The number of aromatic nitrogens is 3. The molecular formula is C14H19N5O. The first kappa shape index (κ1) is 13.1. The molecule has 2 aromatic heterocycles. The summed E-state index contributed by atoms with van der Waals surface area (Å²) < 4.78 is 1.93. The van der Waals surface area contributed by atoms with Crippen LogP contribution in [0, 0.1) is 0 Å². The molecule has 2 aromatic rings. The lowest BCUT2D eigenvalue weighted by Gasteiger charge is -2.27. The van der Waals surface area contributed by atoms with E-state index in [1.165, 1.54) is 0 Å². The smallest absolute Gasteiger partial charge is 0.257 e. The van der Waals surface area contributed by atoms with Crippen LogP contribution in [0.1, 0.15) is 29.5 Å². The lowest BCUT2D eigenvalue weighted by atomic mass is 10.2. The van der Waals surface area contributed by atoms with Gasteiger partial charge in [0.25, 0.3) is 5.91 Å². The van der Waals surface area contributed by atoms with Gasteiger partial charge in [-0.3, -0.25) is 9.20 Å². The van der Waals surface area contributed by atoms with Crippen LogP contribution in [0.2, 0.25) is 0 Å². The molecule has 6 nitrogen and oxygen atoms in total. The fourth-order valence-corrected chi connectivity index (χ4v) is 2.56. The Hall–Kier alpha value is -1.95. The number of pyridine rings is 1. The van der Waals surface area contributed by atoms with Crippen molar-refractivity contribution in [2.75, 3.05) is 26.2 Å². The number of aryl methyl sites for hydroxylation is 1. The minimum Gasteiger partial charge on any atom is -0.336 e. The summed E-state index contributed by atoms with van der Waals surface area (Å²) in [6.07, 6.45) is 3.80. The second-order valence-corrected chi connectivity index (χ2v) is 5.02. The standard InChI is InChI=1S/C14H19N5O/c1-2-4-12-16-17-13-11(5-3-8-19(12)13)14(20)18-9-6-15-7-10-18/h3,5,8,15H,2,4,6-7,9-10H2,1H3. The predicted molar refractivity (Wildman–Crippen MR) is 75.8 cm³/mol. The number of rotatable bonds is 3. The molecule has 1 N–H and O–H groups in total. The van der Waals surface area contributed by atoms with Crippen LogP contribution in [-0.4, -0.2) is 51.6 Å². The third kappa shape index (κ3) is 2.27. The summed E-state index contributed by atoms with van der Waals surface area (Å²) >= 11 is 0. The van der Waals surface area contributed by atoms with Gasteiger partial charge in [-0.15, -0.1) is 10.2 Å². The van der Waals surface area contributed by atoms with Crippen LogP contribution in [0.15, 0.2) is 18.3 Å². The van der Waals surface area contributed by atoms with Crippen LogP contribution in [0.4, 0.5) is 0 Å². The van der Waals surface area contributed by atoms with Crippen molar-refractivity contribution in [2.24, 2.45) is 0 Å². The van der Waals surface area contributed by atoms with Crippen LogP contribution >= 0.6 is 0 Å². The number of amides is 1. The van der Waals surface area contributed by atoms with Crippen LogP contribution in [0.3, 0.4) is 0 Å². The Labute approximate surface area is 117 Å². The molecule has 0 radical (unpaired) electrons. The minimum absolute atomic E-state index is 0.0487. The van der Waals surface area contributed by atoms with E-state index in [9.17, 15) is 4.79 Å². The highest BCUT2D eigenvalue weighted by molar-refractivity contribution is 5.99. The van der Waals surface area contributed by atoms with Crippen molar-refractivity contribution >= 4 is 11.6 Å². The van der Waals surface area contributed by atoms with Crippen LogP contribution in [-0.2, 0) is 6.42 Å². The van der Waals surface area contributed by atoms with E-state index < -0.39 is 0 Å². The van der Waals surface area contributed by atoms with Gasteiger partial charge in [-0.05, 0) is 18.6 Å². The Kier molecular flexibility index (Phi) is 3.64. The number of carbonyl (C=O) groups excluding carboxylic acids is 1. The first-order chi connectivity index (χ1) is 9.81. The molecule has 0 aromatic carbocycles. The van der Waals surface area contributed by atoms with E-state index in [2.05, 4.69) is 22.4 Å². The third-order valence-corrected chi connectivity index (χ3v) is 3.61. The molecule has 3 rings (SSSR count). The quantitative estimate of drug-likeness (QED) is 0.895. The third-order valence-electron chi connectivity index (χ3n) is 3.61. The highest BCUT2D eigenvalue weighted by atomic mass is 16.2. The SMILES string of the molecule is CCCc1nnc2c(C(=O)N3CCNCC3)cccn12. The normalized spacial score (nSPS) is 15.8. The number of nitrogens with one attached hydrogen (secondary N) is 1. The number of fused-ring (bicyclic) bond motifs is 1. The number of hydrogen-bond donors (Lipinski definition) is 1. The van der Waals surface area contributed by atoms with Crippen molar-refractivity contribution < 1.29 is 4.79 Å². The molecule has 106 valence electrons. The fraction of sp³-hybridized carbons (Fsp3) is 0.500. The first-order valence-corrected chi connectivity index (χ1v) is 7.14. The van der Waals surface area contributed by atoms with E-state index >= 15 is 0 Å². The molecule has 0 bridgehead atoms. The largest absolute Gasteiger partial charge is 0.336 e. The summed E-state index contributed by atoms with van der Waals surface area (Å²) in [6.45, 7) is 5.30. The highest BCUT2D eigenvalue weighted by Gasteiger charge is 2.21. The molecule has 1 amide bonds. The molecule has 1 aliphatic rings. The van der Waals surface area contributed by atoms with Gasteiger partial charge in [-0.2, -0.15) is 0 Å². The van der Waals surface area contributed by atoms with Gasteiger partial charge in [-0.1, -0.05) is 6.92 Å². The molecule has 0 saturated carbocycles. The first-order valence-electron chi connectivity index (χ1n) is 7.14. The molecule has 20 heavy (non-hydrogen) atoms.